The van der Waals surface area contributed by atoms with Crippen LogP contribution in [0.4, 0.5) is 0 Å². The van der Waals surface area contributed by atoms with Gasteiger partial charge in [0.15, 0.2) is 0 Å². The van der Waals surface area contributed by atoms with Crippen LogP contribution in [0, 0.1) is 0 Å². The summed E-state index contributed by atoms with van der Waals surface area (Å²) in [6, 6.07) is 0. The molecule has 4 nitrogen and oxygen atoms in total. The molecule has 0 aromatic rings. The zero-order chi connectivity index (χ0) is 22.1. The van der Waals surface area contributed by atoms with Gasteiger partial charge in [0.25, 0.3) is 0 Å². The second kappa shape index (κ2) is 25.1. The number of esters is 2. The van der Waals surface area contributed by atoms with Gasteiger partial charge in [-0.3, -0.25) is 9.59 Å². The Morgan fingerprint density at radius 3 is 1.20 bits per heavy atom. The Kier molecular flexibility index (Phi) is 24.9. The van der Waals surface area contributed by atoms with Crippen LogP contribution in [0.15, 0.2) is 0 Å². The number of carbonyl (C=O) groups excluding carboxylic acids is 2. The summed E-state index contributed by atoms with van der Waals surface area (Å²) in [5, 5.41) is 8.69. The van der Waals surface area contributed by atoms with Crippen molar-refractivity contribution in [3.63, 3.8) is 0 Å². The van der Waals surface area contributed by atoms with Gasteiger partial charge in [0.2, 0.25) is 0 Å². The first-order valence-corrected chi connectivity index (χ1v) is 14.8. The molecule has 0 saturated carbocycles. The SMILES string of the molecule is CCCCCCCCCCCCCCCCCCCCO.O=C1CSSCC(=O)O1. The van der Waals surface area contributed by atoms with Gasteiger partial charge in [-0.2, -0.15) is 0 Å². The maximum Gasteiger partial charge on any atom is 0.324 e. The van der Waals surface area contributed by atoms with Gasteiger partial charge in [-0.05, 0) is 6.42 Å². The first-order valence-electron chi connectivity index (χ1n) is 12.3. The third-order valence-electron chi connectivity index (χ3n) is 5.18. The number of carbonyl (C=O) groups is 2. The van der Waals surface area contributed by atoms with Gasteiger partial charge in [-0.15, -0.1) is 0 Å². The summed E-state index contributed by atoms with van der Waals surface area (Å²) in [5.74, 6) is -0.322. The molecule has 0 aromatic heterocycles. The van der Waals surface area contributed by atoms with Crippen molar-refractivity contribution in [3.8, 4) is 0 Å². The molecule has 0 bridgehead atoms. The molecule has 1 N–H and O–H groups in total. The number of ether oxygens (including phenoxy) is 1. The summed E-state index contributed by atoms with van der Waals surface area (Å²) in [4.78, 5) is 20.8. The molecule has 0 amide bonds. The fourth-order valence-corrected chi connectivity index (χ4v) is 4.93. The summed E-state index contributed by atoms with van der Waals surface area (Å²) in [7, 11) is 2.70. The molecule has 30 heavy (non-hydrogen) atoms. The van der Waals surface area contributed by atoms with Crippen LogP contribution >= 0.6 is 21.6 Å². The van der Waals surface area contributed by atoms with Crippen molar-refractivity contribution in [3.05, 3.63) is 0 Å². The number of aliphatic hydroxyl groups is 1. The van der Waals surface area contributed by atoms with Gasteiger partial charge in [0.1, 0.15) is 11.5 Å². The molecule has 0 unspecified atom stereocenters. The van der Waals surface area contributed by atoms with Crippen molar-refractivity contribution in [1.82, 2.24) is 0 Å². The standard InChI is InChI=1S/C20H42O.C4H4O3S2/c1-2-3-4-5-6-7-8-9-10-11-12-13-14-15-16-17-18-19-20-21;5-3-1-8-9-2-4(6)7-3/h21H,2-20H2,1H3;1-2H2. The predicted molar refractivity (Wildman–Crippen MR) is 132 cm³/mol. The van der Waals surface area contributed by atoms with Gasteiger partial charge in [0.05, 0.1) is 0 Å². The van der Waals surface area contributed by atoms with Crippen LogP contribution in [0.3, 0.4) is 0 Å². The first-order chi connectivity index (χ1) is 14.7. The van der Waals surface area contributed by atoms with E-state index in [4.69, 9.17) is 5.11 Å². The van der Waals surface area contributed by atoms with E-state index in [0.29, 0.717) is 6.61 Å². The van der Waals surface area contributed by atoms with E-state index >= 15 is 0 Å². The summed E-state index contributed by atoms with van der Waals surface area (Å²) in [5.41, 5.74) is 0. The van der Waals surface area contributed by atoms with Gasteiger partial charge < -0.3 is 9.84 Å². The second-order valence-corrected chi connectivity index (χ2v) is 10.6. The minimum Gasteiger partial charge on any atom is -0.396 e. The fraction of sp³-hybridized carbons (Fsp3) is 0.917. The molecule has 1 heterocycles. The molecule has 178 valence electrons. The Hall–Kier alpha value is -0.200. The first kappa shape index (κ1) is 29.8. The normalized spacial score (nSPS) is 14.1. The Morgan fingerprint density at radius 2 is 0.900 bits per heavy atom. The number of hydrogen-bond acceptors (Lipinski definition) is 6. The van der Waals surface area contributed by atoms with Crippen LogP contribution in [0.2, 0.25) is 0 Å². The second-order valence-electron chi connectivity index (χ2n) is 8.10. The van der Waals surface area contributed by atoms with Crippen molar-refractivity contribution < 1.29 is 19.4 Å². The van der Waals surface area contributed by atoms with Crippen molar-refractivity contribution in [1.29, 1.82) is 0 Å². The highest BCUT2D eigenvalue weighted by molar-refractivity contribution is 8.77. The summed E-state index contributed by atoms with van der Waals surface area (Å²) >= 11 is 0. The number of unbranched alkanes of at least 4 members (excludes halogenated alkanes) is 17. The monoisotopic (exact) mass is 462 g/mol. The maximum atomic E-state index is 10.4. The van der Waals surface area contributed by atoms with Gasteiger partial charge in [-0.25, -0.2) is 0 Å². The van der Waals surface area contributed by atoms with Crippen LogP contribution in [-0.2, 0) is 14.3 Å². The average Bonchev–Trinajstić information content (AvgIpc) is 2.93. The minimum atomic E-state index is -0.435. The lowest BCUT2D eigenvalue weighted by molar-refractivity contribution is -0.155. The topological polar surface area (TPSA) is 63.6 Å². The van der Waals surface area contributed by atoms with Crippen LogP contribution in [0.5, 0.6) is 0 Å². The highest BCUT2D eigenvalue weighted by Crippen LogP contribution is 2.23. The van der Waals surface area contributed by atoms with Crippen LogP contribution < -0.4 is 0 Å². The smallest absolute Gasteiger partial charge is 0.324 e. The van der Waals surface area contributed by atoms with E-state index in [2.05, 4.69) is 11.7 Å². The molecular weight excluding hydrogens is 416 g/mol. The van der Waals surface area contributed by atoms with Crippen LogP contribution in [-0.4, -0.2) is 35.2 Å². The Morgan fingerprint density at radius 1 is 0.600 bits per heavy atom. The Bertz CT molecular complexity index is 357. The van der Waals surface area contributed by atoms with E-state index in [0.717, 1.165) is 6.42 Å². The highest BCUT2D eigenvalue weighted by Gasteiger charge is 2.15. The summed E-state index contributed by atoms with van der Waals surface area (Å²) in [6.07, 6.45) is 25.1. The van der Waals surface area contributed by atoms with Crippen molar-refractivity contribution in [2.45, 2.75) is 122 Å². The molecule has 0 atom stereocenters. The van der Waals surface area contributed by atoms with Gasteiger partial charge in [-0.1, -0.05) is 138 Å². The molecule has 1 aliphatic rings. The van der Waals surface area contributed by atoms with E-state index < -0.39 is 11.9 Å². The predicted octanol–water partition coefficient (Wildman–Crippen LogP) is 7.47. The quantitative estimate of drug-likeness (QED) is 0.0986. The zero-order valence-electron chi connectivity index (χ0n) is 19.3. The van der Waals surface area contributed by atoms with Crippen molar-refractivity contribution >= 4 is 33.5 Å². The molecule has 1 aliphatic heterocycles. The highest BCUT2D eigenvalue weighted by atomic mass is 33.1. The van der Waals surface area contributed by atoms with E-state index in [1.54, 1.807) is 0 Å². The number of aliphatic hydroxyl groups excluding tert-OH is 1. The number of hydrogen-bond donors (Lipinski definition) is 1. The molecule has 1 fully saturated rings. The maximum absolute atomic E-state index is 10.4. The molecule has 0 spiro atoms. The molecule has 0 aromatic carbocycles. The Labute approximate surface area is 193 Å². The van der Waals surface area contributed by atoms with Crippen molar-refractivity contribution in [2.24, 2.45) is 0 Å². The Balaban J connectivity index is 0.000000769. The fourth-order valence-electron chi connectivity index (χ4n) is 3.38. The lowest BCUT2D eigenvalue weighted by Gasteiger charge is -2.03. The molecular formula is C24H46O4S2. The lowest BCUT2D eigenvalue weighted by Crippen LogP contribution is -2.12. The molecule has 0 radical (unpaired) electrons. The largest absolute Gasteiger partial charge is 0.396 e. The lowest BCUT2D eigenvalue weighted by atomic mass is 10.0. The van der Waals surface area contributed by atoms with Crippen molar-refractivity contribution in [2.75, 3.05) is 18.1 Å². The third-order valence-corrected chi connectivity index (χ3v) is 7.26. The number of rotatable bonds is 18. The van der Waals surface area contributed by atoms with Gasteiger partial charge >= 0.3 is 11.9 Å². The van der Waals surface area contributed by atoms with E-state index in [-0.39, 0.29) is 11.5 Å². The number of cyclic esters (lactones) is 2. The molecule has 0 aliphatic carbocycles. The zero-order valence-corrected chi connectivity index (χ0v) is 21.0. The van der Waals surface area contributed by atoms with E-state index in [1.807, 2.05) is 0 Å². The average molecular weight is 463 g/mol. The molecule has 1 saturated heterocycles. The van der Waals surface area contributed by atoms with Gasteiger partial charge in [0, 0.05) is 6.61 Å². The van der Waals surface area contributed by atoms with E-state index in [9.17, 15) is 9.59 Å². The summed E-state index contributed by atoms with van der Waals surface area (Å²) < 4.78 is 4.29. The molecule has 6 heteroatoms. The molecule has 1 rings (SSSR count). The minimum absolute atomic E-state index is 0.274. The summed E-state index contributed by atoms with van der Waals surface area (Å²) in [6.45, 7) is 2.66. The third kappa shape index (κ3) is 24.1. The van der Waals surface area contributed by atoms with E-state index in [1.165, 1.54) is 131 Å². The van der Waals surface area contributed by atoms with Crippen LogP contribution in [0.25, 0.3) is 0 Å². The van der Waals surface area contributed by atoms with Crippen LogP contribution in [0.1, 0.15) is 122 Å².